The highest BCUT2D eigenvalue weighted by Gasteiger charge is 2.09. The molecule has 2 aromatic rings. The highest BCUT2D eigenvalue weighted by molar-refractivity contribution is 5.80. The van der Waals surface area contributed by atoms with E-state index in [0.717, 1.165) is 38.1 Å². The van der Waals surface area contributed by atoms with Crippen molar-refractivity contribution in [1.29, 1.82) is 0 Å². The molecule has 2 N–H and O–H groups in total. The van der Waals surface area contributed by atoms with Crippen LogP contribution in [0, 0.1) is 0 Å². The molecule has 2 rings (SSSR count). The molecule has 0 atom stereocenters. The molecule has 0 unspecified atom stereocenters. The molecule has 114 valence electrons. The Morgan fingerprint density at radius 2 is 2.29 bits per heavy atom. The molecule has 0 fully saturated rings. The van der Waals surface area contributed by atoms with Gasteiger partial charge in [0, 0.05) is 44.3 Å². The zero-order valence-corrected chi connectivity index (χ0v) is 12.9. The fourth-order valence-electron chi connectivity index (χ4n) is 2.44. The normalized spacial score (nSPS) is 11.0. The van der Waals surface area contributed by atoms with Crippen molar-refractivity contribution in [2.24, 2.45) is 0 Å². The molecule has 0 aliphatic heterocycles. The van der Waals surface area contributed by atoms with Gasteiger partial charge in [0.15, 0.2) is 0 Å². The Bertz CT molecular complexity index is 591. The summed E-state index contributed by atoms with van der Waals surface area (Å²) >= 11 is 0. The number of aromatic nitrogens is 2. The summed E-state index contributed by atoms with van der Waals surface area (Å²) in [6.45, 7) is 4.85. The van der Waals surface area contributed by atoms with Crippen LogP contribution in [0.15, 0.2) is 24.5 Å². The van der Waals surface area contributed by atoms with E-state index in [1.807, 2.05) is 12.3 Å². The van der Waals surface area contributed by atoms with Crippen molar-refractivity contribution >= 4 is 16.9 Å². The fourth-order valence-corrected chi connectivity index (χ4v) is 2.44. The van der Waals surface area contributed by atoms with Crippen LogP contribution in [0.3, 0.4) is 0 Å². The summed E-state index contributed by atoms with van der Waals surface area (Å²) in [5.74, 6) is 0.0873. The number of aryl methyl sites for hydroxylation is 1. The van der Waals surface area contributed by atoms with E-state index < -0.39 is 0 Å². The quantitative estimate of drug-likeness (QED) is 0.731. The Kier molecular flexibility index (Phi) is 5.75. The Morgan fingerprint density at radius 1 is 1.43 bits per heavy atom. The molecular formula is C16H24N4O. The highest BCUT2D eigenvalue weighted by Crippen LogP contribution is 2.19. The van der Waals surface area contributed by atoms with Crippen LogP contribution in [0.25, 0.3) is 11.0 Å². The van der Waals surface area contributed by atoms with E-state index in [2.05, 4.69) is 39.4 Å². The molecule has 0 bridgehead atoms. The first kappa shape index (κ1) is 15.5. The van der Waals surface area contributed by atoms with Crippen LogP contribution in [-0.4, -0.2) is 29.1 Å². The van der Waals surface area contributed by atoms with Gasteiger partial charge in [-0.05, 0) is 37.1 Å². The first-order chi connectivity index (χ1) is 10.3. The van der Waals surface area contributed by atoms with Gasteiger partial charge in [0.2, 0.25) is 5.91 Å². The summed E-state index contributed by atoms with van der Waals surface area (Å²) in [6.07, 6.45) is 6.47. The summed E-state index contributed by atoms with van der Waals surface area (Å²) in [5, 5.41) is 7.28. The molecule has 1 amide bonds. The molecule has 0 saturated carbocycles. The van der Waals surface area contributed by atoms with E-state index in [9.17, 15) is 4.79 Å². The number of hydrogen-bond donors (Lipinski definition) is 2. The van der Waals surface area contributed by atoms with Crippen molar-refractivity contribution in [3.63, 3.8) is 0 Å². The van der Waals surface area contributed by atoms with Crippen molar-refractivity contribution in [1.82, 2.24) is 20.2 Å². The van der Waals surface area contributed by atoms with Gasteiger partial charge < -0.3 is 15.2 Å². The zero-order valence-electron chi connectivity index (χ0n) is 12.9. The average Bonchev–Trinajstić information content (AvgIpc) is 2.86. The van der Waals surface area contributed by atoms with Crippen LogP contribution in [0.5, 0.6) is 0 Å². The summed E-state index contributed by atoms with van der Waals surface area (Å²) in [6, 6.07) is 4.08. The molecule has 2 heterocycles. The maximum absolute atomic E-state index is 11.3. The molecule has 0 aliphatic carbocycles. The molecule has 0 aromatic carbocycles. The number of pyridine rings is 1. The molecule has 21 heavy (non-hydrogen) atoms. The molecule has 0 radical (unpaired) electrons. The van der Waals surface area contributed by atoms with Crippen LogP contribution < -0.4 is 10.6 Å². The number of carbonyl (C=O) groups excluding carboxylic acids is 1. The average molecular weight is 288 g/mol. The Hall–Kier alpha value is -1.88. The highest BCUT2D eigenvalue weighted by atomic mass is 16.1. The lowest BCUT2D eigenvalue weighted by atomic mass is 10.2. The maximum Gasteiger partial charge on any atom is 0.219 e. The second-order valence-electron chi connectivity index (χ2n) is 5.18. The Balaban J connectivity index is 2.09. The predicted molar refractivity (Wildman–Crippen MR) is 85.0 cm³/mol. The fraction of sp³-hybridized carbons (Fsp3) is 0.500. The number of amides is 1. The van der Waals surface area contributed by atoms with Gasteiger partial charge in [0.05, 0.1) is 0 Å². The third-order valence-corrected chi connectivity index (χ3v) is 3.54. The number of hydrogen-bond acceptors (Lipinski definition) is 3. The largest absolute Gasteiger partial charge is 0.359 e. The van der Waals surface area contributed by atoms with Crippen LogP contribution in [-0.2, 0) is 17.9 Å². The van der Waals surface area contributed by atoms with Crippen molar-refractivity contribution < 1.29 is 4.79 Å². The van der Waals surface area contributed by atoms with Gasteiger partial charge in [-0.1, -0.05) is 6.92 Å². The minimum Gasteiger partial charge on any atom is -0.359 e. The smallest absolute Gasteiger partial charge is 0.219 e. The number of nitrogens with zero attached hydrogens (tertiary/aromatic N) is 2. The number of carbonyl (C=O) groups is 1. The Labute approximate surface area is 125 Å². The molecule has 0 saturated heterocycles. The van der Waals surface area contributed by atoms with Gasteiger partial charge in [-0.25, -0.2) is 4.98 Å². The SMILES string of the molecule is CCCNCc1cn(CCCC(=O)NC)c2ncccc12. The lowest BCUT2D eigenvalue weighted by molar-refractivity contribution is -0.120. The number of nitrogens with one attached hydrogen (secondary N) is 2. The van der Waals surface area contributed by atoms with Crippen molar-refractivity contribution in [2.45, 2.75) is 39.3 Å². The van der Waals surface area contributed by atoms with Crippen LogP contribution in [0.2, 0.25) is 0 Å². The van der Waals surface area contributed by atoms with E-state index in [-0.39, 0.29) is 5.91 Å². The summed E-state index contributed by atoms with van der Waals surface area (Å²) < 4.78 is 2.15. The van der Waals surface area contributed by atoms with Gasteiger partial charge in [-0.3, -0.25) is 4.79 Å². The van der Waals surface area contributed by atoms with Gasteiger partial charge in [0.25, 0.3) is 0 Å². The third-order valence-electron chi connectivity index (χ3n) is 3.54. The van der Waals surface area contributed by atoms with Crippen molar-refractivity contribution in [2.75, 3.05) is 13.6 Å². The van der Waals surface area contributed by atoms with E-state index in [4.69, 9.17) is 0 Å². The van der Waals surface area contributed by atoms with E-state index >= 15 is 0 Å². The Morgan fingerprint density at radius 3 is 3.05 bits per heavy atom. The standard InChI is InChI=1S/C16H24N4O/c1-3-8-18-11-13-12-20(10-5-7-15(21)17-2)16-14(13)6-4-9-19-16/h4,6,9,12,18H,3,5,7-8,10-11H2,1-2H3,(H,17,21). The van der Waals surface area contributed by atoms with Gasteiger partial charge in [0.1, 0.15) is 5.65 Å². The maximum atomic E-state index is 11.3. The summed E-state index contributed by atoms with van der Waals surface area (Å²) in [4.78, 5) is 15.8. The van der Waals surface area contributed by atoms with E-state index in [1.54, 1.807) is 7.05 Å². The third kappa shape index (κ3) is 4.04. The molecule has 5 heteroatoms. The lowest BCUT2D eigenvalue weighted by Crippen LogP contribution is -2.17. The second kappa shape index (κ2) is 7.78. The molecule has 2 aromatic heterocycles. The predicted octanol–water partition coefficient (Wildman–Crippen LogP) is 2.06. The van der Waals surface area contributed by atoms with Crippen LogP contribution >= 0.6 is 0 Å². The van der Waals surface area contributed by atoms with Gasteiger partial charge in [-0.15, -0.1) is 0 Å². The van der Waals surface area contributed by atoms with Gasteiger partial charge in [-0.2, -0.15) is 0 Å². The zero-order chi connectivity index (χ0) is 15.1. The van der Waals surface area contributed by atoms with E-state index in [1.165, 1.54) is 10.9 Å². The lowest BCUT2D eigenvalue weighted by Gasteiger charge is -2.04. The minimum atomic E-state index is 0.0873. The molecular weight excluding hydrogens is 264 g/mol. The van der Waals surface area contributed by atoms with Crippen molar-refractivity contribution in [3.8, 4) is 0 Å². The monoisotopic (exact) mass is 288 g/mol. The molecule has 5 nitrogen and oxygen atoms in total. The first-order valence-corrected chi connectivity index (χ1v) is 7.60. The number of rotatable bonds is 8. The molecule has 0 aliphatic rings. The van der Waals surface area contributed by atoms with Crippen molar-refractivity contribution in [3.05, 3.63) is 30.1 Å². The molecule has 0 spiro atoms. The van der Waals surface area contributed by atoms with Gasteiger partial charge >= 0.3 is 0 Å². The van der Waals surface area contributed by atoms with Crippen LogP contribution in [0.1, 0.15) is 31.7 Å². The summed E-state index contributed by atoms with van der Waals surface area (Å²) in [5.41, 5.74) is 2.27. The number of fused-ring (bicyclic) bond motifs is 1. The first-order valence-electron chi connectivity index (χ1n) is 7.60. The summed E-state index contributed by atoms with van der Waals surface area (Å²) in [7, 11) is 1.67. The van der Waals surface area contributed by atoms with Crippen LogP contribution in [0.4, 0.5) is 0 Å². The minimum absolute atomic E-state index is 0.0873. The topological polar surface area (TPSA) is 59.0 Å². The van der Waals surface area contributed by atoms with E-state index in [0.29, 0.717) is 6.42 Å². The second-order valence-corrected chi connectivity index (χ2v) is 5.18.